The van der Waals surface area contributed by atoms with Gasteiger partial charge in [0.1, 0.15) is 6.42 Å². The number of piperazine rings is 1. The molecular formula is C20H30N4O3. The number of benzene rings is 1. The summed E-state index contributed by atoms with van der Waals surface area (Å²) in [5.41, 5.74) is 2.82. The number of carbonyl (C=O) groups excluding carboxylic acids is 3. The van der Waals surface area contributed by atoms with Gasteiger partial charge >= 0.3 is 0 Å². The van der Waals surface area contributed by atoms with Crippen molar-refractivity contribution in [2.45, 2.75) is 34.1 Å². The van der Waals surface area contributed by atoms with Crippen LogP contribution in [0.1, 0.15) is 32.8 Å². The Morgan fingerprint density at radius 3 is 2.15 bits per heavy atom. The van der Waals surface area contributed by atoms with E-state index in [4.69, 9.17) is 0 Å². The van der Waals surface area contributed by atoms with Crippen LogP contribution in [0.3, 0.4) is 0 Å². The number of anilines is 2. The van der Waals surface area contributed by atoms with E-state index in [-0.39, 0.29) is 24.1 Å². The Morgan fingerprint density at radius 2 is 1.63 bits per heavy atom. The van der Waals surface area contributed by atoms with Crippen molar-refractivity contribution in [2.75, 3.05) is 49.5 Å². The Labute approximate surface area is 161 Å². The third-order valence-electron chi connectivity index (χ3n) is 5.00. The van der Waals surface area contributed by atoms with Crippen LogP contribution in [0.15, 0.2) is 18.2 Å². The first-order valence-corrected chi connectivity index (χ1v) is 9.54. The van der Waals surface area contributed by atoms with E-state index in [9.17, 15) is 14.4 Å². The molecule has 1 aromatic rings. The fraction of sp³-hybridized carbons (Fsp3) is 0.550. The Bertz CT molecular complexity index is 692. The van der Waals surface area contributed by atoms with Crippen LogP contribution in [0, 0.1) is 6.92 Å². The van der Waals surface area contributed by atoms with Crippen molar-refractivity contribution in [3.05, 3.63) is 23.8 Å². The predicted octanol–water partition coefficient (Wildman–Crippen LogP) is 1.86. The highest BCUT2D eigenvalue weighted by molar-refractivity contribution is 6.04. The van der Waals surface area contributed by atoms with Gasteiger partial charge in [-0.3, -0.25) is 14.4 Å². The molecule has 0 unspecified atom stereocenters. The summed E-state index contributed by atoms with van der Waals surface area (Å²) >= 11 is 0. The second-order valence-electron chi connectivity index (χ2n) is 6.78. The molecule has 1 heterocycles. The highest BCUT2D eigenvalue weighted by atomic mass is 16.2. The minimum absolute atomic E-state index is 0.0171. The molecule has 0 radical (unpaired) electrons. The molecule has 1 aliphatic heterocycles. The van der Waals surface area contributed by atoms with Gasteiger partial charge in [-0.2, -0.15) is 0 Å². The average Bonchev–Trinajstić information content (AvgIpc) is 2.64. The average molecular weight is 374 g/mol. The van der Waals surface area contributed by atoms with E-state index in [0.29, 0.717) is 26.2 Å². The lowest BCUT2D eigenvalue weighted by Crippen LogP contribution is -2.50. The largest absolute Gasteiger partial charge is 0.372 e. The Balaban J connectivity index is 1.90. The molecule has 148 valence electrons. The van der Waals surface area contributed by atoms with E-state index < -0.39 is 0 Å². The second-order valence-corrected chi connectivity index (χ2v) is 6.78. The minimum Gasteiger partial charge on any atom is -0.372 e. The predicted molar refractivity (Wildman–Crippen MR) is 107 cm³/mol. The fourth-order valence-electron chi connectivity index (χ4n) is 3.29. The molecule has 7 heteroatoms. The summed E-state index contributed by atoms with van der Waals surface area (Å²) < 4.78 is 0. The maximum Gasteiger partial charge on any atom is 0.233 e. The zero-order valence-corrected chi connectivity index (χ0v) is 16.7. The highest BCUT2D eigenvalue weighted by Crippen LogP contribution is 2.23. The monoisotopic (exact) mass is 374 g/mol. The molecule has 0 saturated carbocycles. The molecule has 1 saturated heterocycles. The molecule has 0 atom stereocenters. The third kappa shape index (κ3) is 5.45. The fourth-order valence-corrected chi connectivity index (χ4v) is 3.29. The first-order chi connectivity index (χ1) is 12.8. The Kier molecular flexibility index (Phi) is 7.21. The lowest BCUT2D eigenvalue weighted by molar-refractivity contribution is -0.140. The van der Waals surface area contributed by atoms with Crippen LogP contribution in [-0.4, -0.2) is 66.8 Å². The molecule has 2 rings (SSSR count). The van der Waals surface area contributed by atoms with Crippen LogP contribution in [0.25, 0.3) is 0 Å². The van der Waals surface area contributed by atoms with Gasteiger partial charge in [0, 0.05) is 57.6 Å². The van der Waals surface area contributed by atoms with E-state index in [0.717, 1.165) is 30.0 Å². The topological polar surface area (TPSA) is 73.0 Å². The van der Waals surface area contributed by atoms with Gasteiger partial charge in [-0.05, 0) is 44.5 Å². The van der Waals surface area contributed by atoms with E-state index in [1.165, 1.54) is 6.92 Å². The molecule has 1 aromatic carbocycles. The van der Waals surface area contributed by atoms with Crippen molar-refractivity contribution >= 4 is 29.1 Å². The summed E-state index contributed by atoms with van der Waals surface area (Å²) in [6.45, 7) is 11.5. The number of rotatable bonds is 6. The maximum absolute atomic E-state index is 12.3. The van der Waals surface area contributed by atoms with Crippen molar-refractivity contribution < 1.29 is 14.4 Å². The number of nitrogens with one attached hydrogen (secondary N) is 1. The summed E-state index contributed by atoms with van der Waals surface area (Å²) in [7, 11) is 0. The molecule has 0 aliphatic carbocycles. The summed E-state index contributed by atoms with van der Waals surface area (Å²) in [5, 5.41) is 2.84. The minimum atomic E-state index is -0.312. The second kappa shape index (κ2) is 9.39. The number of aryl methyl sites for hydroxylation is 1. The van der Waals surface area contributed by atoms with E-state index in [2.05, 4.69) is 24.1 Å². The van der Waals surface area contributed by atoms with Crippen molar-refractivity contribution in [1.29, 1.82) is 0 Å². The SMILES string of the molecule is CCN(CC)c1ccc(NC(=O)CC(=O)N2CCN(C(C)=O)CC2)c(C)c1. The zero-order valence-electron chi connectivity index (χ0n) is 16.7. The summed E-state index contributed by atoms with van der Waals surface area (Å²) in [6, 6.07) is 5.92. The summed E-state index contributed by atoms with van der Waals surface area (Å²) in [6.07, 6.45) is -0.183. The van der Waals surface area contributed by atoms with Crippen molar-refractivity contribution in [3.63, 3.8) is 0 Å². The Morgan fingerprint density at radius 1 is 1.04 bits per heavy atom. The molecule has 0 aromatic heterocycles. The van der Waals surface area contributed by atoms with Crippen LogP contribution in [-0.2, 0) is 14.4 Å². The molecule has 0 spiro atoms. The van der Waals surface area contributed by atoms with Gasteiger partial charge < -0.3 is 20.0 Å². The molecule has 27 heavy (non-hydrogen) atoms. The number of carbonyl (C=O) groups is 3. The first kappa shape index (κ1) is 20.7. The molecule has 1 N–H and O–H groups in total. The molecule has 1 aliphatic rings. The Hall–Kier alpha value is -2.57. The van der Waals surface area contributed by atoms with Gasteiger partial charge in [-0.25, -0.2) is 0 Å². The lowest BCUT2D eigenvalue weighted by Gasteiger charge is -2.34. The zero-order chi connectivity index (χ0) is 20.0. The van der Waals surface area contributed by atoms with Gasteiger partial charge in [0.15, 0.2) is 0 Å². The lowest BCUT2D eigenvalue weighted by atomic mass is 10.1. The van der Waals surface area contributed by atoms with Crippen LogP contribution in [0.4, 0.5) is 11.4 Å². The third-order valence-corrected chi connectivity index (χ3v) is 5.00. The van der Waals surface area contributed by atoms with Crippen LogP contribution < -0.4 is 10.2 Å². The number of nitrogens with zero attached hydrogens (tertiary/aromatic N) is 3. The van der Waals surface area contributed by atoms with Crippen molar-refractivity contribution in [2.24, 2.45) is 0 Å². The molecule has 0 bridgehead atoms. The van der Waals surface area contributed by atoms with E-state index in [1.807, 2.05) is 25.1 Å². The van der Waals surface area contributed by atoms with Gasteiger partial charge in [-0.1, -0.05) is 0 Å². The van der Waals surface area contributed by atoms with Crippen LogP contribution in [0.2, 0.25) is 0 Å². The summed E-state index contributed by atoms with van der Waals surface area (Å²) in [5.74, 6) is -0.496. The van der Waals surface area contributed by atoms with E-state index in [1.54, 1.807) is 9.80 Å². The van der Waals surface area contributed by atoms with Crippen molar-refractivity contribution in [3.8, 4) is 0 Å². The molecule has 1 fully saturated rings. The molecule has 7 nitrogen and oxygen atoms in total. The molecular weight excluding hydrogens is 344 g/mol. The smallest absolute Gasteiger partial charge is 0.233 e. The maximum atomic E-state index is 12.3. The van der Waals surface area contributed by atoms with Crippen LogP contribution in [0.5, 0.6) is 0 Å². The van der Waals surface area contributed by atoms with Gasteiger partial charge in [-0.15, -0.1) is 0 Å². The quantitative estimate of drug-likeness (QED) is 0.772. The number of hydrogen-bond acceptors (Lipinski definition) is 4. The summed E-state index contributed by atoms with van der Waals surface area (Å²) in [4.78, 5) is 41.6. The number of amides is 3. The highest BCUT2D eigenvalue weighted by Gasteiger charge is 2.24. The number of hydrogen-bond donors (Lipinski definition) is 1. The first-order valence-electron chi connectivity index (χ1n) is 9.54. The van der Waals surface area contributed by atoms with Gasteiger partial charge in [0.05, 0.1) is 0 Å². The van der Waals surface area contributed by atoms with Crippen LogP contribution >= 0.6 is 0 Å². The van der Waals surface area contributed by atoms with E-state index >= 15 is 0 Å². The molecule has 3 amide bonds. The van der Waals surface area contributed by atoms with Crippen molar-refractivity contribution in [1.82, 2.24) is 9.80 Å². The normalized spacial score (nSPS) is 14.1. The standard InChI is InChI=1S/C20H30N4O3/c1-5-22(6-2)17-7-8-18(15(3)13-17)21-19(26)14-20(27)24-11-9-23(10-12-24)16(4)25/h7-8,13H,5-6,9-12,14H2,1-4H3,(H,21,26). The van der Waals surface area contributed by atoms with Gasteiger partial charge in [0.2, 0.25) is 17.7 Å². The van der Waals surface area contributed by atoms with Gasteiger partial charge in [0.25, 0.3) is 0 Å².